The summed E-state index contributed by atoms with van der Waals surface area (Å²) in [6.45, 7) is 7.61. The Kier molecular flexibility index (Phi) is 48.4. The molecule has 0 aliphatic heterocycles. The average Bonchev–Trinajstić information content (AvgIpc) is 3.25. The molecule has 0 saturated carbocycles. The minimum absolute atomic E-state index is 0.0648. The molecule has 1 unspecified atom stereocenters. The minimum Gasteiger partial charge on any atom is -0.462 e. The average molecular weight is 837 g/mol. The third-order valence-corrected chi connectivity index (χ3v) is 10.7. The van der Waals surface area contributed by atoms with Gasteiger partial charge in [0.05, 0.1) is 6.61 Å². The Balaban J connectivity index is 4.34. The highest BCUT2D eigenvalue weighted by molar-refractivity contribution is 5.70. The van der Waals surface area contributed by atoms with Gasteiger partial charge in [-0.1, -0.05) is 209 Å². The van der Waals surface area contributed by atoms with Crippen LogP contribution in [0.3, 0.4) is 0 Å². The summed E-state index contributed by atoms with van der Waals surface area (Å²) >= 11 is 0. The highest BCUT2D eigenvalue weighted by Gasteiger charge is 2.17. The van der Waals surface area contributed by atoms with Gasteiger partial charge in [0, 0.05) is 19.4 Å². The highest BCUT2D eigenvalue weighted by atomic mass is 16.6. The Hall–Kier alpha value is -2.66. The molecule has 5 nitrogen and oxygen atoms in total. The third-order valence-electron chi connectivity index (χ3n) is 10.7. The van der Waals surface area contributed by atoms with Crippen molar-refractivity contribution in [2.24, 2.45) is 0 Å². The molecule has 0 rings (SSSR count). The Morgan fingerprint density at radius 1 is 0.383 bits per heavy atom. The van der Waals surface area contributed by atoms with Crippen LogP contribution >= 0.6 is 0 Å². The van der Waals surface area contributed by atoms with E-state index in [0.29, 0.717) is 19.4 Å². The lowest BCUT2D eigenvalue weighted by molar-refractivity contribution is -0.163. The zero-order valence-electron chi connectivity index (χ0n) is 39.7. The monoisotopic (exact) mass is 837 g/mol. The van der Waals surface area contributed by atoms with Gasteiger partial charge in [0.15, 0.2) is 6.10 Å². The number of hydrogen-bond donors (Lipinski definition) is 0. The van der Waals surface area contributed by atoms with E-state index in [2.05, 4.69) is 93.7 Å². The van der Waals surface area contributed by atoms with Gasteiger partial charge in [0.25, 0.3) is 0 Å². The second-order valence-electron chi connectivity index (χ2n) is 16.7. The number of hydrogen-bond acceptors (Lipinski definition) is 5. The third kappa shape index (κ3) is 48.0. The van der Waals surface area contributed by atoms with Crippen LogP contribution in [0.1, 0.15) is 239 Å². The number of carbonyl (C=O) groups is 2. The molecule has 0 N–H and O–H groups in total. The van der Waals surface area contributed by atoms with Crippen molar-refractivity contribution < 1.29 is 23.8 Å². The van der Waals surface area contributed by atoms with Crippen LogP contribution in [-0.4, -0.2) is 37.9 Å². The fourth-order valence-corrected chi connectivity index (χ4v) is 6.94. The van der Waals surface area contributed by atoms with Gasteiger partial charge in [-0.15, -0.1) is 0 Å². The maximum Gasteiger partial charge on any atom is 0.306 e. The minimum atomic E-state index is -0.558. The zero-order chi connectivity index (χ0) is 43.5. The summed E-state index contributed by atoms with van der Waals surface area (Å²) in [5.74, 6) is -0.427. The molecule has 0 fully saturated rings. The maximum absolute atomic E-state index is 12.8. The maximum atomic E-state index is 12.8. The van der Waals surface area contributed by atoms with Crippen LogP contribution < -0.4 is 0 Å². The van der Waals surface area contributed by atoms with Gasteiger partial charge in [0.1, 0.15) is 6.61 Å². The van der Waals surface area contributed by atoms with Gasteiger partial charge in [0.2, 0.25) is 0 Å². The van der Waals surface area contributed by atoms with Crippen molar-refractivity contribution in [1.82, 2.24) is 0 Å². The molecule has 346 valence electrons. The lowest BCUT2D eigenvalue weighted by Gasteiger charge is -2.18. The lowest BCUT2D eigenvalue weighted by atomic mass is 10.0. The molecular formula is C55H96O5. The van der Waals surface area contributed by atoms with Gasteiger partial charge in [-0.3, -0.25) is 9.59 Å². The summed E-state index contributed by atoms with van der Waals surface area (Å²) in [4.78, 5) is 25.4. The van der Waals surface area contributed by atoms with E-state index in [0.717, 1.165) is 96.3 Å². The predicted molar refractivity (Wildman–Crippen MR) is 260 cm³/mol. The van der Waals surface area contributed by atoms with Gasteiger partial charge in [-0.2, -0.15) is 0 Å². The molecule has 0 aliphatic carbocycles. The molecule has 0 aromatic rings. The molecule has 0 aliphatic rings. The summed E-state index contributed by atoms with van der Waals surface area (Å²) in [5.41, 5.74) is 0. The van der Waals surface area contributed by atoms with Crippen molar-refractivity contribution in [1.29, 1.82) is 0 Å². The van der Waals surface area contributed by atoms with Crippen molar-refractivity contribution in [3.05, 3.63) is 72.9 Å². The molecule has 60 heavy (non-hydrogen) atoms. The summed E-state index contributed by atoms with van der Waals surface area (Å²) in [6.07, 6.45) is 64.8. The molecule has 0 saturated heterocycles. The first-order valence-corrected chi connectivity index (χ1v) is 25.5. The Morgan fingerprint density at radius 3 is 1.23 bits per heavy atom. The van der Waals surface area contributed by atoms with Crippen LogP contribution in [0.4, 0.5) is 0 Å². The predicted octanol–water partition coefficient (Wildman–Crippen LogP) is 17.1. The molecule has 0 aromatic carbocycles. The summed E-state index contributed by atoms with van der Waals surface area (Å²) in [5, 5.41) is 0. The Labute approximate surface area is 372 Å². The van der Waals surface area contributed by atoms with E-state index < -0.39 is 6.10 Å². The summed E-state index contributed by atoms with van der Waals surface area (Å²) < 4.78 is 17.4. The fourth-order valence-electron chi connectivity index (χ4n) is 6.94. The number of esters is 2. The molecule has 0 bridgehead atoms. The second kappa shape index (κ2) is 50.7. The van der Waals surface area contributed by atoms with E-state index in [1.54, 1.807) is 0 Å². The molecule has 0 aromatic heterocycles. The van der Waals surface area contributed by atoms with E-state index >= 15 is 0 Å². The number of allylic oxidation sites excluding steroid dienone is 12. The lowest BCUT2D eigenvalue weighted by Crippen LogP contribution is -2.30. The quantitative estimate of drug-likeness (QED) is 0.0347. The van der Waals surface area contributed by atoms with E-state index in [4.69, 9.17) is 14.2 Å². The Morgan fingerprint density at radius 2 is 0.750 bits per heavy atom. The first kappa shape index (κ1) is 57.3. The number of carbonyl (C=O) groups excluding carboxylic acids is 2. The van der Waals surface area contributed by atoms with Crippen LogP contribution in [0.25, 0.3) is 0 Å². The smallest absolute Gasteiger partial charge is 0.306 e. The van der Waals surface area contributed by atoms with Crippen molar-refractivity contribution in [2.75, 3.05) is 19.8 Å². The molecule has 5 heteroatoms. The van der Waals surface area contributed by atoms with Crippen LogP contribution in [0, 0.1) is 0 Å². The van der Waals surface area contributed by atoms with E-state index in [1.165, 1.54) is 109 Å². The van der Waals surface area contributed by atoms with Crippen LogP contribution in [0.5, 0.6) is 0 Å². The SMILES string of the molecule is CC/C=C\C/C=C\C/C=C\C/C=C\CCCCCOCC(COC(=O)CCCCCCC/C=C\C/C=C\CCCCC)OC(=O)CCCCCCCCCCCCCCC. The van der Waals surface area contributed by atoms with E-state index in [-0.39, 0.29) is 25.2 Å². The second-order valence-corrected chi connectivity index (χ2v) is 16.7. The van der Waals surface area contributed by atoms with Crippen molar-refractivity contribution >= 4 is 11.9 Å². The number of ether oxygens (including phenoxy) is 3. The molecule has 0 amide bonds. The molecular weight excluding hydrogens is 741 g/mol. The number of rotatable bonds is 46. The number of unbranched alkanes of at least 4 members (excludes halogenated alkanes) is 23. The first-order chi connectivity index (χ1) is 29.6. The summed E-state index contributed by atoms with van der Waals surface area (Å²) in [7, 11) is 0. The fraction of sp³-hybridized carbons (Fsp3) is 0.745. The van der Waals surface area contributed by atoms with Crippen LogP contribution in [0.15, 0.2) is 72.9 Å². The van der Waals surface area contributed by atoms with Crippen molar-refractivity contribution in [3.63, 3.8) is 0 Å². The summed E-state index contributed by atoms with van der Waals surface area (Å²) in [6, 6.07) is 0. The van der Waals surface area contributed by atoms with E-state index in [9.17, 15) is 9.59 Å². The molecule has 1 atom stereocenters. The zero-order valence-corrected chi connectivity index (χ0v) is 39.7. The van der Waals surface area contributed by atoms with Crippen molar-refractivity contribution in [3.8, 4) is 0 Å². The van der Waals surface area contributed by atoms with Gasteiger partial charge in [-0.25, -0.2) is 0 Å². The van der Waals surface area contributed by atoms with Gasteiger partial charge in [-0.05, 0) is 89.9 Å². The van der Waals surface area contributed by atoms with Gasteiger partial charge < -0.3 is 14.2 Å². The van der Waals surface area contributed by atoms with Crippen LogP contribution in [0.2, 0.25) is 0 Å². The molecule has 0 radical (unpaired) electrons. The van der Waals surface area contributed by atoms with Gasteiger partial charge >= 0.3 is 11.9 Å². The van der Waals surface area contributed by atoms with Crippen LogP contribution in [-0.2, 0) is 23.8 Å². The van der Waals surface area contributed by atoms with Crippen molar-refractivity contribution in [2.45, 2.75) is 245 Å². The topological polar surface area (TPSA) is 61.8 Å². The standard InChI is InChI=1S/C55H96O5/c1-4-7-10-13-16-19-22-25-27-29-32-35-38-41-44-47-50-58-51-53(60-55(57)49-46-43-40-37-34-30-24-21-18-15-12-9-6-3)52-59-54(56)48-45-42-39-36-33-31-28-26-23-20-17-14-11-8-5-2/h7,10,16-17,19-20,25-28,32,35,53H,4-6,8-9,11-15,18,21-24,29-31,33-34,36-52H2,1-3H3/b10-7-,19-16-,20-17-,27-25-,28-26-,35-32-. The normalized spacial score (nSPS) is 12.8. The molecule has 0 heterocycles. The first-order valence-electron chi connectivity index (χ1n) is 25.5. The largest absolute Gasteiger partial charge is 0.462 e. The van der Waals surface area contributed by atoms with E-state index in [1.807, 2.05) is 0 Å². The highest BCUT2D eigenvalue weighted by Crippen LogP contribution is 2.14. The molecule has 0 spiro atoms. The Bertz CT molecular complexity index is 1080.